The van der Waals surface area contributed by atoms with Crippen molar-refractivity contribution in [3.8, 4) is 0 Å². The van der Waals surface area contributed by atoms with Gasteiger partial charge in [0.05, 0.1) is 12.7 Å². The molecule has 0 bridgehead atoms. The lowest BCUT2D eigenvalue weighted by Gasteiger charge is -2.31. The predicted molar refractivity (Wildman–Crippen MR) is 114 cm³/mol. The first-order valence-electron chi connectivity index (χ1n) is 9.11. The average molecular weight is 461 g/mol. The summed E-state index contributed by atoms with van der Waals surface area (Å²) < 4.78 is 11.4. The van der Waals surface area contributed by atoms with Crippen LogP contribution in [0.2, 0.25) is 0 Å². The molecule has 2 N–H and O–H groups in total. The molecule has 0 aliphatic carbocycles. The highest BCUT2D eigenvalue weighted by Crippen LogP contribution is 2.33. The number of nitrogens with zero attached hydrogens (tertiary/aromatic N) is 1. The van der Waals surface area contributed by atoms with Gasteiger partial charge in [-0.15, -0.1) is 24.0 Å². The number of aliphatic imine (C=N–C) groups is 1. The number of ether oxygens (including phenoxy) is 2. The van der Waals surface area contributed by atoms with Gasteiger partial charge in [-0.1, -0.05) is 30.3 Å². The van der Waals surface area contributed by atoms with Crippen LogP contribution in [0.4, 0.5) is 0 Å². The Hall–Kier alpha value is -0.860. The molecule has 1 saturated heterocycles. The molecule has 0 saturated carbocycles. The summed E-state index contributed by atoms with van der Waals surface area (Å²) in [6.07, 6.45) is 2.41. The molecular weight excluding hydrogens is 429 g/mol. The summed E-state index contributed by atoms with van der Waals surface area (Å²) in [5.74, 6) is 1.28. The van der Waals surface area contributed by atoms with Gasteiger partial charge in [-0.05, 0) is 32.3 Å². The van der Waals surface area contributed by atoms with E-state index in [4.69, 9.17) is 14.5 Å². The lowest BCUT2D eigenvalue weighted by atomic mass is 9.89. The molecule has 1 aromatic rings. The second kappa shape index (κ2) is 13.4. The van der Waals surface area contributed by atoms with E-state index in [0.29, 0.717) is 12.5 Å². The van der Waals surface area contributed by atoms with E-state index in [9.17, 15) is 0 Å². The number of rotatable bonds is 8. The van der Waals surface area contributed by atoms with E-state index in [1.54, 1.807) is 0 Å². The molecule has 142 valence electrons. The highest BCUT2D eigenvalue weighted by molar-refractivity contribution is 14.0. The van der Waals surface area contributed by atoms with Crippen molar-refractivity contribution in [2.24, 2.45) is 10.9 Å². The molecule has 1 aliphatic heterocycles. The van der Waals surface area contributed by atoms with E-state index in [0.717, 1.165) is 51.6 Å². The Morgan fingerprint density at radius 2 is 2.04 bits per heavy atom. The van der Waals surface area contributed by atoms with E-state index in [-0.39, 0.29) is 30.1 Å². The van der Waals surface area contributed by atoms with Crippen LogP contribution in [0.5, 0.6) is 0 Å². The van der Waals surface area contributed by atoms with Gasteiger partial charge < -0.3 is 20.1 Å². The topological polar surface area (TPSA) is 54.9 Å². The molecule has 5 nitrogen and oxygen atoms in total. The number of guanidine groups is 1. The largest absolute Gasteiger partial charge is 0.380 e. The fourth-order valence-corrected chi connectivity index (χ4v) is 2.98. The van der Waals surface area contributed by atoms with Gasteiger partial charge in [-0.3, -0.25) is 4.99 Å². The molecule has 2 unspecified atom stereocenters. The quantitative estimate of drug-likeness (QED) is 0.270. The van der Waals surface area contributed by atoms with Gasteiger partial charge in [-0.25, -0.2) is 0 Å². The molecule has 1 aromatic carbocycles. The third kappa shape index (κ3) is 7.92. The van der Waals surface area contributed by atoms with Crippen LogP contribution in [-0.2, 0) is 9.47 Å². The first kappa shape index (κ1) is 22.2. The number of halogens is 1. The van der Waals surface area contributed by atoms with E-state index in [1.807, 2.05) is 13.0 Å². The van der Waals surface area contributed by atoms with Gasteiger partial charge in [0.15, 0.2) is 5.96 Å². The van der Waals surface area contributed by atoms with E-state index >= 15 is 0 Å². The predicted octanol–water partition coefficient (Wildman–Crippen LogP) is 3.36. The van der Waals surface area contributed by atoms with Crippen LogP contribution in [0.3, 0.4) is 0 Å². The number of benzene rings is 1. The van der Waals surface area contributed by atoms with Crippen LogP contribution in [0.25, 0.3) is 0 Å². The first-order valence-corrected chi connectivity index (χ1v) is 9.11. The van der Waals surface area contributed by atoms with E-state index < -0.39 is 0 Å². The molecule has 0 aromatic heterocycles. The third-order valence-corrected chi connectivity index (χ3v) is 4.14. The summed E-state index contributed by atoms with van der Waals surface area (Å²) in [5.41, 5.74) is 1.26. The third-order valence-electron chi connectivity index (χ3n) is 4.14. The Morgan fingerprint density at radius 1 is 1.24 bits per heavy atom. The van der Waals surface area contributed by atoms with Crippen molar-refractivity contribution < 1.29 is 9.47 Å². The van der Waals surface area contributed by atoms with Gasteiger partial charge in [-0.2, -0.15) is 0 Å². The summed E-state index contributed by atoms with van der Waals surface area (Å²) >= 11 is 0. The monoisotopic (exact) mass is 461 g/mol. The normalized spacial score (nSPS) is 20.6. The van der Waals surface area contributed by atoms with Crippen molar-refractivity contribution in [3.05, 3.63) is 35.9 Å². The molecule has 0 amide bonds. The summed E-state index contributed by atoms with van der Waals surface area (Å²) in [5, 5.41) is 6.62. The molecule has 2 atom stereocenters. The SMILES string of the molecule is CCNC(=NCC1CCCOC1c1ccccc1)NCCOCC.I. The zero-order chi connectivity index (χ0) is 17.0. The Bertz CT molecular complexity index is 485. The zero-order valence-corrected chi connectivity index (χ0v) is 17.7. The van der Waals surface area contributed by atoms with Crippen LogP contribution >= 0.6 is 24.0 Å². The summed E-state index contributed by atoms with van der Waals surface area (Å²) in [7, 11) is 0. The Kier molecular flexibility index (Phi) is 11.9. The molecule has 1 aliphatic rings. The van der Waals surface area contributed by atoms with Gasteiger partial charge in [0.25, 0.3) is 0 Å². The molecule has 1 heterocycles. The van der Waals surface area contributed by atoms with Gasteiger partial charge >= 0.3 is 0 Å². The van der Waals surface area contributed by atoms with E-state index in [1.165, 1.54) is 5.56 Å². The highest BCUT2D eigenvalue weighted by atomic mass is 127. The second-order valence-electron chi connectivity index (χ2n) is 5.95. The summed E-state index contributed by atoms with van der Waals surface area (Å²) in [6, 6.07) is 10.5. The summed E-state index contributed by atoms with van der Waals surface area (Å²) in [4.78, 5) is 4.77. The molecule has 1 fully saturated rings. The maximum atomic E-state index is 6.05. The number of hydrogen-bond acceptors (Lipinski definition) is 3. The van der Waals surface area contributed by atoms with Crippen molar-refractivity contribution in [1.29, 1.82) is 0 Å². The van der Waals surface area contributed by atoms with E-state index in [2.05, 4.69) is 41.8 Å². The summed E-state index contributed by atoms with van der Waals surface area (Å²) in [6.45, 7) is 8.75. The smallest absolute Gasteiger partial charge is 0.191 e. The van der Waals surface area contributed by atoms with Crippen molar-refractivity contribution in [2.75, 3.05) is 39.5 Å². The molecule has 0 spiro atoms. The fourth-order valence-electron chi connectivity index (χ4n) is 2.98. The molecule has 0 radical (unpaired) electrons. The lowest BCUT2D eigenvalue weighted by molar-refractivity contribution is -0.0250. The van der Waals surface area contributed by atoms with Gasteiger partial charge in [0.1, 0.15) is 0 Å². The average Bonchev–Trinajstić information content (AvgIpc) is 2.64. The molecule has 6 heteroatoms. The van der Waals surface area contributed by atoms with Gasteiger partial charge in [0.2, 0.25) is 0 Å². The first-order chi connectivity index (χ1) is 11.8. The number of hydrogen-bond donors (Lipinski definition) is 2. The maximum absolute atomic E-state index is 6.05. The Morgan fingerprint density at radius 3 is 2.76 bits per heavy atom. The minimum absolute atomic E-state index is 0. The van der Waals surface area contributed by atoms with Crippen molar-refractivity contribution in [2.45, 2.75) is 32.8 Å². The molecule has 2 rings (SSSR count). The maximum Gasteiger partial charge on any atom is 0.191 e. The lowest BCUT2D eigenvalue weighted by Crippen LogP contribution is -2.39. The van der Waals surface area contributed by atoms with Crippen molar-refractivity contribution in [3.63, 3.8) is 0 Å². The van der Waals surface area contributed by atoms with Crippen LogP contribution in [0.1, 0.15) is 38.4 Å². The zero-order valence-electron chi connectivity index (χ0n) is 15.4. The van der Waals surface area contributed by atoms with Crippen molar-refractivity contribution >= 4 is 29.9 Å². The minimum Gasteiger partial charge on any atom is -0.380 e. The Balaban J connectivity index is 0.00000312. The van der Waals surface area contributed by atoms with Crippen LogP contribution < -0.4 is 10.6 Å². The Labute approximate surface area is 169 Å². The standard InChI is InChI=1S/C19H31N3O2.HI/c1-3-20-19(21-12-14-23-4-2)22-15-17-11-8-13-24-18(17)16-9-6-5-7-10-16;/h5-7,9-10,17-18H,3-4,8,11-15H2,1-2H3,(H2,20,21,22);1H. The minimum atomic E-state index is 0. The van der Waals surface area contributed by atoms with Crippen molar-refractivity contribution in [1.82, 2.24) is 10.6 Å². The van der Waals surface area contributed by atoms with Gasteiger partial charge in [0, 0.05) is 38.8 Å². The second-order valence-corrected chi connectivity index (χ2v) is 5.95. The van der Waals surface area contributed by atoms with Crippen LogP contribution in [0, 0.1) is 5.92 Å². The number of nitrogens with one attached hydrogen (secondary N) is 2. The molecule has 25 heavy (non-hydrogen) atoms. The van der Waals surface area contributed by atoms with Crippen LogP contribution in [0.15, 0.2) is 35.3 Å². The highest BCUT2D eigenvalue weighted by Gasteiger charge is 2.27. The molecular formula is C19H32IN3O2. The fraction of sp³-hybridized carbons (Fsp3) is 0.632. The van der Waals surface area contributed by atoms with Crippen LogP contribution in [-0.4, -0.2) is 45.4 Å².